The molecule has 0 saturated heterocycles. The second-order valence-electron chi connectivity index (χ2n) is 5.67. The molecule has 28 heavy (non-hydrogen) atoms. The van der Waals surface area contributed by atoms with Gasteiger partial charge in [-0.05, 0) is 53.2 Å². The minimum absolute atomic E-state index is 0.0286. The first kappa shape index (κ1) is 19.6. The van der Waals surface area contributed by atoms with E-state index in [9.17, 15) is 14.9 Å². The van der Waals surface area contributed by atoms with Crippen molar-refractivity contribution in [2.75, 3.05) is 0 Å². The quantitative estimate of drug-likeness (QED) is 0.216. The molecule has 8 nitrogen and oxygen atoms in total. The molecule has 0 aliphatic carbocycles. The van der Waals surface area contributed by atoms with Crippen LogP contribution in [0.4, 0.5) is 5.69 Å². The molecule has 0 amide bonds. The van der Waals surface area contributed by atoms with Crippen LogP contribution < -0.4 is 4.74 Å². The zero-order valence-corrected chi connectivity index (χ0v) is 16.5. The van der Waals surface area contributed by atoms with Gasteiger partial charge in [-0.1, -0.05) is 12.1 Å². The summed E-state index contributed by atoms with van der Waals surface area (Å²) in [6.45, 7) is 2.50. The number of para-hydroxylation sites is 2. The van der Waals surface area contributed by atoms with Gasteiger partial charge in [0.15, 0.2) is 5.75 Å². The number of nitro groups is 1. The summed E-state index contributed by atoms with van der Waals surface area (Å²) < 4.78 is 13.3. The molecular formula is C19H16BrN3O5. The Morgan fingerprint density at radius 1 is 1.36 bits per heavy atom. The van der Waals surface area contributed by atoms with Crippen LogP contribution in [0, 0.1) is 10.1 Å². The topological polar surface area (TPSA) is 100 Å². The number of hydrogen-bond acceptors (Lipinski definition) is 6. The van der Waals surface area contributed by atoms with E-state index in [0.29, 0.717) is 28.2 Å². The van der Waals surface area contributed by atoms with Crippen molar-refractivity contribution < 1.29 is 18.9 Å². The Kier molecular flexibility index (Phi) is 6.05. The van der Waals surface area contributed by atoms with Crippen molar-refractivity contribution >= 4 is 33.5 Å². The third-order valence-electron chi connectivity index (χ3n) is 3.84. The largest absolute Gasteiger partial charge is 0.479 e. The lowest BCUT2D eigenvalue weighted by atomic mass is 10.2. The first-order valence-electron chi connectivity index (χ1n) is 8.38. The third kappa shape index (κ3) is 4.37. The van der Waals surface area contributed by atoms with E-state index in [-0.39, 0.29) is 23.8 Å². The number of benzene rings is 1. The Bertz CT molecular complexity index is 1040. The van der Waals surface area contributed by atoms with E-state index in [0.717, 1.165) is 0 Å². The number of aromatic nitrogens is 2. The minimum atomic E-state index is -0.504. The summed E-state index contributed by atoms with van der Waals surface area (Å²) in [5.41, 5.74) is 0.350. The highest BCUT2D eigenvalue weighted by molar-refractivity contribution is 9.10. The van der Waals surface area contributed by atoms with Gasteiger partial charge in [0.25, 0.3) is 0 Å². The number of nitrogens with zero attached hydrogens (tertiary/aromatic N) is 3. The van der Waals surface area contributed by atoms with Gasteiger partial charge in [0.2, 0.25) is 5.78 Å². The van der Waals surface area contributed by atoms with Gasteiger partial charge in [-0.3, -0.25) is 19.6 Å². The van der Waals surface area contributed by atoms with Crippen molar-refractivity contribution in [2.45, 2.75) is 20.1 Å². The predicted octanol–water partition coefficient (Wildman–Crippen LogP) is 4.64. The highest BCUT2D eigenvalue weighted by Crippen LogP contribution is 2.27. The van der Waals surface area contributed by atoms with E-state index in [1.165, 1.54) is 18.2 Å². The predicted molar refractivity (Wildman–Crippen MR) is 105 cm³/mol. The molecule has 2 heterocycles. The van der Waals surface area contributed by atoms with Crippen LogP contribution in [0.2, 0.25) is 0 Å². The van der Waals surface area contributed by atoms with Crippen LogP contribution in [0.3, 0.4) is 0 Å². The second kappa shape index (κ2) is 8.66. The summed E-state index contributed by atoms with van der Waals surface area (Å²) >= 11 is 3.32. The molecule has 0 fully saturated rings. The molecule has 0 radical (unpaired) electrons. The lowest BCUT2D eigenvalue weighted by molar-refractivity contribution is -0.386. The van der Waals surface area contributed by atoms with E-state index in [4.69, 9.17) is 9.15 Å². The average molecular weight is 446 g/mol. The number of furan rings is 1. The molecule has 144 valence electrons. The Labute approximate surface area is 168 Å². The van der Waals surface area contributed by atoms with Crippen molar-refractivity contribution in [1.82, 2.24) is 9.78 Å². The van der Waals surface area contributed by atoms with Crippen LogP contribution in [-0.4, -0.2) is 20.5 Å². The summed E-state index contributed by atoms with van der Waals surface area (Å²) in [6.07, 6.45) is 4.53. The molecular weight excluding hydrogens is 430 g/mol. The van der Waals surface area contributed by atoms with Gasteiger partial charge in [0, 0.05) is 12.6 Å². The maximum Gasteiger partial charge on any atom is 0.310 e. The van der Waals surface area contributed by atoms with Crippen molar-refractivity contribution in [3.05, 3.63) is 80.5 Å². The van der Waals surface area contributed by atoms with Gasteiger partial charge in [-0.15, -0.1) is 0 Å². The number of halogens is 1. The molecule has 0 spiro atoms. The van der Waals surface area contributed by atoms with Crippen LogP contribution in [0.15, 0.2) is 57.6 Å². The Balaban J connectivity index is 1.66. The van der Waals surface area contributed by atoms with Crippen molar-refractivity contribution in [1.29, 1.82) is 0 Å². The van der Waals surface area contributed by atoms with Gasteiger partial charge in [0.1, 0.15) is 23.8 Å². The third-order valence-corrected chi connectivity index (χ3v) is 4.42. The fourth-order valence-corrected chi connectivity index (χ4v) is 3.02. The van der Waals surface area contributed by atoms with Crippen molar-refractivity contribution in [3.8, 4) is 5.75 Å². The van der Waals surface area contributed by atoms with E-state index >= 15 is 0 Å². The van der Waals surface area contributed by atoms with E-state index in [1.807, 2.05) is 6.92 Å². The van der Waals surface area contributed by atoms with E-state index < -0.39 is 4.92 Å². The molecule has 0 bridgehead atoms. The summed E-state index contributed by atoms with van der Waals surface area (Å²) in [5.74, 6) is 0.896. The molecule has 0 unspecified atom stereocenters. The molecule has 0 aliphatic rings. The number of aryl methyl sites for hydroxylation is 1. The number of rotatable bonds is 8. The number of carbonyl (C=O) groups is 1. The van der Waals surface area contributed by atoms with Gasteiger partial charge < -0.3 is 9.15 Å². The van der Waals surface area contributed by atoms with Crippen LogP contribution >= 0.6 is 15.9 Å². The first-order chi connectivity index (χ1) is 13.5. The SMILES string of the molecule is CCn1ncc(Br)c1C(=O)/C=C/c1ccc(COc2ccccc2[N+](=O)[O-])o1. The zero-order valence-electron chi connectivity index (χ0n) is 14.9. The molecule has 3 aromatic rings. The first-order valence-corrected chi connectivity index (χ1v) is 9.17. The lowest BCUT2D eigenvalue weighted by Gasteiger charge is -2.04. The smallest absolute Gasteiger partial charge is 0.310 e. The van der Waals surface area contributed by atoms with Crippen LogP contribution in [0.1, 0.15) is 28.9 Å². The Morgan fingerprint density at radius 2 is 2.14 bits per heavy atom. The number of hydrogen-bond donors (Lipinski definition) is 0. The summed E-state index contributed by atoms with van der Waals surface area (Å²) in [6, 6.07) is 9.49. The maximum atomic E-state index is 12.4. The van der Waals surface area contributed by atoms with Crippen LogP contribution in [0.5, 0.6) is 5.75 Å². The van der Waals surface area contributed by atoms with Gasteiger partial charge >= 0.3 is 5.69 Å². The second-order valence-corrected chi connectivity index (χ2v) is 6.53. The summed E-state index contributed by atoms with van der Waals surface area (Å²) in [7, 11) is 0. The molecule has 9 heteroatoms. The normalized spacial score (nSPS) is 11.1. The van der Waals surface area contributed by atoms with E-state index in [1.54, 1.807) is 41.2 Å². The van der Waals surface area contributed by atoms with Crippen LogP contribution in [-0.2, 0) is 13.2 Å². The van der Waals surface area contributed by atoms with Crippen molar-refractivity contribution in [2.24, 2.45) is 0 Å². The number of ether oxygens (including phenoxy) is 1. The highest BCUT2D eigenvalue weighted by atomic mass is 79.9. The molecule has 3 rings (SSSR count). The highest BCUT2D eigenvalue weighted by Gasteiger charge is 2.15. The molecule has 1 aromatic carbocycles. The number of carbonyl (C=O) groups excluding carboxylic acids is 1. The summed E-state index contributed by atoms with van der Waals surface area (Å²) in [5, 5.41) is 15.1. The standard InChI is InChI=1S/C19H16BrN3O5/c1-2-22-19(15(20)11-21-22)17(24)10-9-13-7-8-14(28-13)12-27-18-6-4-3-5-16(18)23(25)26/h3-11H,2,12H2,1H3/b10-9+. The van der Waals surface area contributed by atoms with Crippen LogP contribution in [0.25, 0.3) is 6.08 Å². The molecule has 0 aliphatic heterocycles. The van der Waals surface area contributed by atoms with Gasteiger partial charge in [0.05, 0.1) is 15.6 Å². The molecule has 0 saturated carbocycles. The fourth-order valence-electron chi connectivity index (χ4n) is 2.52. The monoisotopic (exact) mass is 445 g/mol. The molecule has 0 N–H and O–H groups in total. The minimum Gasteiger partial charge on any atom is -0.479 e. The lowest BCUT2D eigenvalue weighted by Crippen LogP contribution is -2.07. The fraction of sp³-hybridized carbons (Fsp3) is 0.158. The van der Waals surface area contributed by atoms with Gasteiger partial charge in [-0.2, -0.15) is 5.10 Å². The number of ketones is 1. The Hall–Kier alpha value is -3.20. The summed E-state index contributed by atoms with van der Waals surface area (Å²) in [4.78, 5) is 22.9. The molecule has 0 atom stereocenters. The van der Waals surface area contributed by atoms with Gasteiger partial charge in [-0.25, -0.2) is 0 Å². The van der Waals surface area contributed by atoms with Crippen molar-refractivity contribution in [3.63, 3.8) is 0 Å². The Morgan fingerprint density at radius 3 is 2.89 bits per heavy atom. The average Bonchev–Trinajstić information content (AvgIpc) is 3.30. The maximum absolute atomic E-state index is 12.4. The number of nitro benzene ring substituents is 1. The van der Waals surface area contributed by atoms with E-state index in [2.05, 4.69) is 21.0 Å². The number of allylic oxidation sites excluding steroid dienone is 1. The zero-order chi connectivity index (χ0) is 20.1. The molecule has 2 aromatic heterocycles.